The number of rotatable bonds is 6. The van der Waals surface area contributed by atoms with Crippen LogP contribution in [-0.4, -0.2) is 34.0 Å². The molecule has 0 radical (unpaired) electrons. The van der Waals surface area contributed by atoms with Crippen molar-refractivity contribution in [3.05, 3.63) is 54.1 Å². The SMILES string of the molecule is CN(C)c1ccc(NS(=O)(=O)c2ccc(C(=O)CS)cc2)cc1. The lowest BCUT2D eigenvalue weighted by Crippen LogP contribution is -2.14. The highest BCUT2D eigenvalue weighted by molar-refractivity contribution is 7.92. The zero-order valence-electron chi connectivity index (χ0n) is 12.9. The summed E-state index contributed by atoms with van der Waals surface area (Å²) in [6.07, 6.45) is 0. The molecule has 7 heteroatoms. The van der Waals surface area contributed by atoms with E-state index < -0.39 is 10.0 Å². The Balaban J connectivity index is 2.19. The van der Waals surface area contributed by atoms with E-state index in [4.69, 9.17) is 0 Å². The molecule has 0 unspecified atom stereocenters. The maximum Gasteiger partial charge on any atom is 0.261 e. The van der Waals surface area contributed by atoms with E-state index in [9.17, 15) is 13.2 Å². The lowest BCUT2D eigenvalue weighted by atomic mass is 10.1. The van der Waals surface area contributed by atoms with Gasteiger partial charge in [-0.2, -0.15) is 12.6 Å². The van der Waals surface area contributed by atoms with Gasteiger partial charge in [-0.3, -0.25) is 9.52 Å². The van der Waals surface area contributed by atoms with Crippen LogP contribution in [0, 0.1) is 0 Å². The molecular formula is C16H18N2O3S2. The van der Waals surface area contributed by atoms with Gasteiger partial charge in [0.25, 0.3) is 10.0 Å². The molecule has 0 amide bonds. The van der Waals surface area contributed by atoms with Gasteiger partial charge in [0.2, 0.25) is 0 Å². The van der Waals surface area contributed by atoms with Crippen molar-refractivity contribution < 1.29 is 13.2 Å². The first-order chi connectivity index (χ1) is 10.8. The minimum Gasteiger partial charge on any atom is -0.378 e. The fraction of sp³-hybridized carbons (Fsp3) is 0.188. The molecule has 0 aliphatic carbocycles. The summed E-state index contributed by atoms with van der Waals surface area (Å²) in [4.78, 5) is 13.5. The third-order valence-corrected chi connectivity index (χ3v) is 4.95. The van der Waals surface area contributed by atoms with E-state index in [0.29, 0.717) is 11.3 Å². The molecule has 0 saturated carbocycles. The zero-order chi connectivity index (χ0) is 17.0. The second kappa shape index (κ2) is 7.06. The molecule has 0 saturated heterocycles. The Hall–Kier alpha value is -1.99. The zero-order valence-corrected chi connectivity index (χ0v) is 14.6. The van der Waals surface area contributed by atoms with Gasteiger partial charge >= 0.3 is 0 Å². The average Bonchev–Trinajstić information content (AvgIpc) is 2.54. The summed E-state index contributed by atoms with van der Waals surface area (Å²) in [5.74, 6) is -0.0627. The predicted octanol–water partition coefficient (Wildman–Crippen LogP) is 2.67. The fourth-order valence-corrected chi connectivity index (χ4v) is 3.19. The highest BCUT2D eigenvalue weighted by Gasteiger charge is 2.15. The Labute approximate surface area is 141 Å². The number of carbonyl (C=O) groups is 1. The van der Waals surface area contributed by atoms with Gasteiger partial charge < -0.3 is 4.90 Å². The van der Waals surface area contributed by atoms with E-state index in [-0.39, 0.29) is 16.4 Å². The number of benzene rings is 2. The lowest BCUT2D eigenvalue weighted by molar-refractivity contribution is 0.102. The summed E-state index contributed by atoms with van der Waals surface area (Å²) in [6, 6.07) is 12.8. The number of hydrogen-bond donors (Lipinski definition) is 2. The summed E-state index contributed by atoms with van der Waals surface area (Å²) < 4.78 is 27.2. The summed E-state index contributed by atoms with van der Waals surface area (Å²) in [5.41, 5.74) is 1.89. The van der Waals surface area contributed by atoms with Crippen LogP contribution in [0.1, 0.15) is 10.4 Å². The molecule has 0 bridgehead atoms. The molecule has 23 heavy (non-hydrogen) atoms. The molecule has 2 aromatic rings. The Morgan fingerprint density at radius 2 is 1.61 bits per heavy atom. The number of carbonyl (C=O) groups excluding carboxylic acids is 1. The highest BCUT2D eigenvalue weighted by atomic mass is 32.2. The Kier molecular flexibility index (Phi) is 5.33. The van der Waals surface area contributed by atoms with Gasteiger partial charge in [0.05, 0.1) is 10.6 Å². The minimum absolute atomic E-state index is 0.0859. The van der Waals surface area contributed by atoms with Gasteiger partial charge in [-0.15, -0.1) is 0 Å². The molecule has 122 valence electrons. The van der Waals surface area contributed by atoms with E-state index >= 15 is 0 Å². The fourth-order valence-electron chi connectivity index (χ4n) is 1.95. The lowest BCUT2D eigenvalue weighted by Gasteiger charge is -2.13. The van der Waals surface area contributed by atoms with Crippen molar-refractivity contribution in [3.8, 4) is 0 Å². The molecular weight excluding hydrogens is 332 g/mol. The van der Waals surface area contributed by atoms with Crippen LogP contribution in [0.2, 0.25) is 0 Å². The molecule has 0 aromatic heterocycles. The first kappa shape index (κ1) is 17.4. The molecule has 0 atom stereocenters. The van der Waals surface area contributed by atoms with Crippen molar-refractivity contribution >= 4 is 39.8 Å². The van der Waals surface area contributed by atoms with E-state index in [1.165, 1.54) is 24.3 Å². The van der Waals surface area contributed by atoms with Crippen LogP contribution in [0.5, 0.6) is 0 Å². The summed E-state index contributed by atoms with van der Waals surface area (Å²) in [7, 11) is 0.130. The Morgan fingerprint density at radius 3 is 2.09 bits per heavy atom. The van der Waals surface area contributed by atoms with Gasteiger partial charge in [-0.05, 0) is 36.4 Å². The first-order valence-electron chi connectivity index (χ1n) is 6.88. The predicted molar refractivity (Wildman–Crippen MR) is 96.2 cm³/mol. The van der Waals surface area contributed by atoms with Crippen LogP contribution < -0.4 is 9.62 Å². The molecule has 0 aliphatic heterocycles. The highest BCUT2D eigenvalue weighted by Crippen LogP contribution is 2.20. The number of nitrogens with zero attached hydrogens (tertiary/aromatic N) is 1. The smallest absolute Gasteiger partial charge is 0.261 e. The molecule has 1 N–H and O–H groups in total. The second-order valence-corrected chi connectivity index (χ2v) is 7.15. The quantitative estimate of drug-likeness (QED) is 0.621. The van der Waals surface area contributed by atoms with Crippen molar-refractivity contribution in [2.24, 2.45) is 0 Å². The molecule has 5 nitrogen and oxygen atoms in total. The largest absolute Gasteiger partial charge is 0.378 e. The molecule has 0 fully saturated rings. The van der Waals surface area contributed by atoms with Gasteiger partial charge in [0.15, 0.2) is 5.78 Å². The maximum absolute atomic E-state index is 12.3. The molecule has 0 spiro atoms. The number of sulfonamides is 1. The number of hydrogen-bond acceptors (Lipinski definition) is 5. The van der Waals surface area contributed by atoms with Crippen molar-refractivity contribution in [2.75, 3.05) is 29.5 Å². The van der Waals surface area contributed by atoms with Crippen molar-refractivity contribution in [1.29, 1.82) is 0 Å². The number of nitrogens with one attached hydrogen (secondary N) is 1. The van der Waals surface area contributed by atoms with Crippen LogP contribution in [0.3, 0.4) is 0 Å². The van der Waals surface area contributed by atoms with Crippen LogP contribution in [0.15, 0.2) is 53.4 Å². The van der Waals surface area contributed by atoms with Crippen LogP contribution in [-0.2, 0) is 10.0 Å². The molecule has 2 aromatic carbocycles. The Bertz CT molecular complexity index is 783. The standard InChI is InChI=1S/C16H18N2O3S2/c1-18(2)14-7-5-13(6-8-14)17-23(20,21)15-9-3-12(4-10-15)16(19)11-22/h3-10,17,22H,11H2,1-2H3. The normalized spacial score (nSPS) is 11.1. The average molecular weight is 350 g/mol. The van der Waals surface area contributed by atoms with E-state index in [1.807, 2.05) is 31.1 Å². The summed E-state index contributed by atoms with van der Waals surface area (Å²) in [5, 5.41) is 0. The second-order valence-electron chi connectivity index (χ2n) is 5.15. The van der Waals surface area contributed by atoms with Crippen molar-refractivity contribution in [3.63, 3.8) is 0 Å². The van der Waals surface area contributed by atoms with Crippen LogP contribution in [0.4, 0.5) is 11.4 Å². The summed E-state index contributed by atoms with van der Waals surface area (Å²) >= 11 is 3.91. The van der Waals surface area contributed by atoms with Gasteiger partial charge in [-0.25, -0.2) is 8.42 Å². The third-order valence-electron chi connectivity index (χ3n) is 3.27. The number of Topliss-reactive ketones (excluding diaryl/α,β-unsaturated/α-hetero) is 1. The minimum atomic E-state index is -3.69. The van der Waals surface area contributed by atoms with E-state index in [1.54, 1.807) is 12.1 Å². The third kappa shape index (κ3) is 4.27. The van der Waals surface area contributed by atoms with Crippen molar-refractivity contribution in [2.45, 2.75) is 4.90 Å². The van der Waals surface area contributed by atoms with Crippen LogP contribution >= 0.6 is 12.6 Å². The Morgan fingerprint density at radius 1 is 1.04 bits per heavy atom. The summed E-state index contributed by atoms with van der Waals surface area (Å²) in [6.45, 7) is 0. The number of anilines is 2. The van der Waals surface area contributed by atoms with E-state index in [2.05, 4.69) is 17.4 Å². The maximum atomic E-state index is 12.3. The molecule has 2 rings (SSSR count). The van der Waals surface area contributed by atoms with Gasteiger partial charge in [0.1, 0.15) is 0 Å². The monoisotopic (exact) mass is 350 g/mol. The van der Waals surface area contributed by atoms with E-state index in [0.717, 1.165) is 5.69 Å². The molecule has 0 aliphatic rings. The van der Waals surface area contributed by atoms with Crippen LogP contribution in [0.25, 0.3) is 0 Å². The number of ketones is 1. The molecule has 0 heterocycles. The topological polar surface area (TPSA) is 66.5 Å². The van der Waals surface area contributed by atoms with Crippen molar-refractivity contribution in [1.82, 2.24) is 0 Å². The van der Waals surface area contributed by atoms with Gasteiger partial charge in [0, 0.05) is 31.0 Å². The number of thiol groups is 1. The van der Waals surface area contributed by atoms with Gasteiger partial charge in [-0.1, -0.05) is 12.1 Å². The first-order valence-corrected chi connectivity index (χ1v) is 8.99.